The molecule has 2 N–H and O–H groups in total. The molecule has 0 fully saturated rings. The first-order valence-electron chi connectivity index (χ1n) is 9.99. The second-order valence-corrected chi connectivity index (χ2v) is 9.07. The monoisotopic (exact) mass is 474 g/mol. The van der Waals surface area contributed by atoms with Crippen LogP contribution >= 0.6 is 11.3 Å². The summed E-state index contributed by atoms with van der Waals surface area (Å²) in [5.41, 5.74) is 2.07. The molecule has 2 aromatic carbocycles. The zero-order valence-electron chi connectivity index (χ0n) is 18.1. The highest BCUT2D eigenvalue weighted by Crippen LogP contribution is 2.26. The number of hydrogen-bond donors (Lipinski definition) is 2. The molecule has 0 spiro atoms. The van der Waals surface area contributed by atoms with E-state index in [-0.39, 0.29) is 30.3 Å². The second kappa shape index (κ2) is 12.0. The molecule has 7 nitrogen and oxygen atoms in total. The maximum absolute atomic E-state index is 12.3. The van der Waals surface area contributed by atoms with Crippen molar-refractivity contribution >= 4 is 38.9 Å². The number of benzene rings is 2. The van der Waals surface area contributed by atoms with Crippen LogP contribution in [-0.4, -0.2) is 39.7 Å². The Bertz CT molecular complexity index is 1140. The minimum Gasteiger partial charge on any atom is -0.460 e. The van der Waals surface area contributed by atoms with Crippen LogP contribution < -0.4 is 10.0 Å². The van der Waals surface area contributed by atoms with Gasteiger partial charge in [-0.2, -0.15) is 0 Å². The zero-order chi connectivity index (χ0) is 23.6. The fourth-order valence-electron chi connectivity index (χ4n) is 2.63. The Balaban J connectivity index is 0.00000176. The normalized spacial score (nSPS) is 10.5. The predicted octanol–water partition coefficient (Wildman–Crippen LogP) is 4.40. The van der Waals surface area contributed by atoms with Crippen molar-refractivity contribution in [3.8, 4) is 10.4 Å². The molecule has 1 aromatic heterocycles. The van der Waals surface area contributed by atoms with E-state index in [1.807, 2.05) is 50.2 Å². The van der Waals surface area contributed by atoms with E-state index in [1.165, 1.54) is 29.5 Å². The highest BCUT2D eigenvalue weighted by Gasteiger charge is 2.12. The van der Waals surface area contributed by atoms with Crippen LogP contribution in [0.5, 0.6) is 0 Å². The van der Waals surface area contributed by atoms with Gasteiger partial charge in [-0.25, -0.2) is 13.2 Å². The molecule has 0 bridgehead atoms. The summed E-state index contributed by atoms with van der Waals surface area (Å²) in [5.74, 6) is -0.855. The Labute approximate surface area is 192 Å². The van der Waals surface area contributed by atoms with Gasteiger partial charge >= 0.3 is 5.97 Å². The number of esters is 1. The Morgan fingerprint density at radius 2 is 1.69 bits per heavy atom. The van der Waals surface area contributed by atoms with Gasteiger partial charge in [-0.05, 0) is 29.8 Å². The molecule has 0 saturated carbocycles. The fraction of sp³-hybridized carbons (Fsp3) is 0.217. The third-order valence-electron chi connectivity index (χ3n) is 3.94. The topological polar surface area (TPSA) is 102 Å². The van der Waals surface area contributed by atoms with Crippen molar-refractivity contribution in [2.75, 3.05) is 24.1 Å². The third kappa shape index (κ3) is 7.82. The lowest BCUT2D eigenvalue weighted by Crippen LogP contribution is -2.27. The summed E-state index contributed by atoms with van der Waals surface area (Å²) in [7, 11) is -3.44. The van der Waals surface area contributed by atoms with Crippen molar-refractivity contribution in [2.24, 2.45) is 0 Å². The molecule has 0 aliphatic rings. The average molecular weight is 475 g/mol. The lowest BCUT2D eigenvalue weighted by Gasteiger charge is -2.08. The molecule has 0 saturated heterocycles. The number of thiophene rings is 1. The third-order valence-corrected chi connectivity index (χ3v) is 5.53. The lowest BCUT2D eigenvalue weighted by molar-refractivity contribution is 0.0503. The SMILES string of the molecule is CC.CS(=O)(=O)Nc1cccc(C(=O)OCCNC(=O)c2csc(-c3ccccc3)c2)c1. The van der Waals surface area contributed by atoms with Crippen LogP contribution in [0.4, 0.5) is 5.69 Å². The van der Waals surface area contributed by atoms with Crippen molar-refractivity contribution in [1.82, 2.24) is 5.32 Å². The van der Waals surface area contributed by atoms with Gasteiger partial charge in [0.05, 0.1) is 23.9 Å². The molecule has 32 heavy (non-hydrogen) atoms. The van der Waals surface area contributed by atoms with Gasteiger partial charge in [-0.1, -0.05) is 50.2 Å². The zero-order valence-corrected chi connectivity index (χ0v) is 19.8. The summed E-state index contributed by atoms with van der Waals surface area (Å²) in [6, 6.07) is 17.6. The van der Waals surface area contributed by atoms with Crippen molar-refractivity contribution in [1.29, 1.82) is 0 Å². The van der Waals surface area contributed by atoms with E-state index >= 15 is 0 Å². The van der Waals surface area contributed by atoms with Gasteiger partial charge in [0.1, 0.15) is 6.61 Å². The molecular weight excluding hydrogens is 448 g/mol. The van der Waals surface area contributed by atoms with Gasteiger partial charge in [0, 0.05) is 15.9 Å². The number of ether oxygens (including phenoxy) is 1. The van der Waals surface area contributed by atoms with Crippen molar-refractivity contribution in [3.63, 3.8) is 0 Å². The van der Waals surface area contributed by atoms with Gasteiger partial charge in [0.2, 0.25) is 10.0 Å². The number of sulfonamides is 1. The van der Waals surface area contributed by atoms with E-state index in [9.17, 15) is 18.0 Å². The molecule has 0 aliphatic heterocycles. The molecule has 0 radical (unpaired) electrons. The van der Waals surface area contributed by atoms with E-state index in [0.717, 1.165) is 16.7 Å². The van der Waals surface area contributed by atoms with Crippen LogP contribution in [0.3, 0.4) is 0 Å². The first-order chi connectivity index (χ1) is 15.3. The van der Waals surface area contributed by atoms with Crippen LogP contribution in [0.15, 0.2) is 66.0 Å². The predicted molar refractivity (Wildman–Crippen MR) is 129 cm³/mol. The smallest absolute Gasteiger partial charge is 0.338 e. The summed E-state index contributed by atoms with van der Waals surface area (Å²) < 4.78 is 30.0. The Kier molecular flexibility index (Phi) is 9.42. The molecule has 0 atom stereocenters. The molecule has 3 aromatic rings. The van der Waals surface area contributed by atoms with E-state index in [0.29, 0.717) is 5.56 Å². The number of nitrogens with one attached hydrogen (secondary N) is 2. The molecule has 170 valence electrons. The molecule has 3 rings (SSSR count). The van der Waals surface area contributed by atoms with Gasteiger partial charge in [-0.3, -0.25) is 9.52 Å². The van der Waals surface area contributed by atoms with Crippen molar-refractivity contribution < 1.29 is 22.7 Å². The Morgan fingerprint density at radius 1 is 0.969 bits per heavy atom. The van der Waals surface area contributed by atoms with Gasteiger partial charge in [0.15, 0.2) is 0 Å². The van der Waals surface area contributed by atoms with Gasteiger partial charge in [-0.15, -0.1) is 11.3 Å². The number of carbonyl (C=O) groups excluding carboxylic acids is 2. The van der Waals surface area contributed by atoms with Crippen molar-refractivity contribution in [3.05, 3.63) is 77.2 Å². The average Bonchev–Trinajstić information content (AvgIpc) is 3.28. The quantitative estimate of drug-likeness (QED) is 0.372. The van der Waals surface area contributed by atoms with Crippen molar-refractivity contribution in [2.45, 2.75) is 13.8 Å². The van der Waals surface area contributed by atoms with E-state index in [4.69, 9.17) is 4.74 Å². The van der Waals surface area contributed by atoms with Gasteiger partial charge < -0.3 is 10.1 Å². The first kappa shape index (κ1) is 25.1. The van der Waals surface area contributed by atoms with E-state index < -0.39 is 16.0 Å². The Hall–Kier alpha value is -3.17. The second-order valence-electron chi connectivity index (χ2n) is 6.41. The number of rotatable bonds is 8. The number of anilines is 1. The van der Waals surface area contributed by atoms with Crippen LogP contribution in [0.25, 0.3) is 10.4 Å². The largest absolute Gasteiger partial charge is 0.460 e. The standard InChI is InChI=1S/C21H20N2O5S2.C2H6/c1-30(26,27)23-18-9-5-8-16(12-18)21(25)28-11-10-22-20(24)17-13-19(29-14-17)15-6-3-2-4-7-15;1-2/h2-9,12-14,23H,10-11H2,1H3,(H,22,24);1-2H3. The summed E-state index contributed by atoms with van der Waals surface area (Å²) in [6.07, 6.45) is 1.02. The minimum absolute atomic E-state index is 0.00994. The summed E-state index contributed by atoms with van der Waals surface area (Å²) in [5, 5.41) is 4.49. The number of amides is 1. The maximum Gasteiger partial charge on any atom is 0.338 e. The molecule has 1 amide bonds. The lowest BCUT2D eigenvalue weighted by atomic mass is 10.1. The van der Waals surface area contributed by atoms with Crippen LogP contribution in [0, 0.1) is 0 Å². The highest BCUT2D eigenvalue weighted by molar-refractivity contribution is 7.92. The summed E-state index contributed by atoms with van der Waals surface area (Å²) in [4.78, 5) is 25.4. The summed E-state index contributed by atoms with van der Waals surface area (Å²) >= 11 is 1.48. The molecular formula is C23H26N2O5S2. The summed E-state index contributed by atoms with van der Waals surface area (Å²) in [6.45, 7) is 4.15. The minimum atomic E-state index is -3.44. The molecule has 0 aliphatic carbocycles. The van der Waals surface area contributed by atoms with Crippen LogP contribution in [0.1, 0.15) is 34.6 Å². The fourth-order valence-corrected chi connectivity index (χ4v) is 4.08. The van der Waals surface area contributed by atoms with Crippen LogP contribution in [-0.2, 0) is 14.8 Å². The first-order valence-corrected chi connectivity index (χ1v) is 12.8. The highest BCUT2D eigenvalue weighted by atomic mass is 32.2. The van der Waals surface area contributed by atoms with E-state index in [2.05, 4.69) is 10.0 Å². The maximum atomic E-state index is 12.3. The molecule has 9 heteroatoms. The van der Waals surface area contributed by atoms with Gasteiger partial charge in [0.25, 0.3) is 5.91 Å². The number of hydrogen-bond acceptors (Lipinski definition) is 6. The van der Waals surface area contributed by atoms with E-state index in [1.54, 1.807) is 11.4 Å². The Morgan fingerprint density at radius 3 is 2.38 bits per heavy atom. The molecule has 1 heterocycles. The van der Waals surface area contributed by atoms with Crippen LogP contribution in [0.2, 0.25) is 0 Å². The molecule has 0 unspecified atom stereocenters. The number of carbonyl (C=O) groups is 2.